The molecule has 0 unspecified atom stereocenters. The van der Waals surface area contributed by atoms with E-state index in [1.807, 2.05) is 18.2 Å². The van der Waals surface area contributed by atoms with E-state index in [0.29, 0.717) is 17.4 Å². The Hall–Kier alpha value is -1.55. The number of methoxy groups -OCH3 is 1. The highest BCUT2D eigenvalue weighted by molar-refractivity contribution is 6.02. The summed E-state index contributed by atoms with van der Waals surface area (Å²) in [6.07, 6.45) is 2.28. The van der Waals surface area contributed by atoms with E-state index in [-0.39, 0.29) is 5.78 Å². The van der Waals surface area contributed by atoms with Gasteiger partial charge in [0.15, 0.2) is 5.78 Å². The summed E-state index contributed by atoms with van der Waals surface area (Å²) in [5, 5.41) is 0. The zero-order chi connectivity index (χ0) is 15.4. The molecule has 0 saturated carbocycles. The summed E-state index contributed by atoms with van der Waals surface area (Å²) in [4.78, 5) is 16.7. The van der Waals surface area contributed by atoms with Crippen LogP contribution < -0.4 is 9.64 Å². The highest BCUT2D eigenvalue weighted by Crippen LogP contribution is 2.32. The molecule has 4 heteroatoms. The lowest BCUT2D eigenvalue weighted by atomic mass is 10.0. The Morgan fingerprint density at radius 2 is 2.05 bits per heavy atom. The van der Waals surface area contributed by atoms with Gasteiger partial charge >= 0.3 is 0 Å². The van der Waals surface area contributed by atoms with Crippen molar-refractivity contribution in [3.05, 3.63) is 23.8 Å². The Morgan fingerprint density at radius 1 is 1.38 bits per heavy atom. The topological polar surface area (TPSA) is 32.8 Å². The number of hydrogen-bond donors (Lipinski definition) is 0. The largest absolute Gasteiger partial charge is 0.496 e. The average Bonchev–Trinajstić information content (AvgIpc) is 2.53. The first-order valence-electron chi connectivity index (χ1n) is 7.71. The number of carbonyl (C=O) groups excluding carboxylic acids is 1. The van der Waals surface area contributed by atoms with Crippen LogP contribution in [0.25, 0.3) is 0 Å². The molecule has 1 heterocycles. The Bertz CT molecular complexity index is 494. The van der Waals surface area contributed by atoms with Crippen molar-refractivity contribution in [3.8, 4) is 5.75 Å². The third-order valence-electron chi connectivity index (χ3n) is 4.51. The normalized spacial score (nSPS) is 16.8. The van der Waals surface area contributed by atoms with Crippen LogP contribution in [0.15, 0.2) is 18.2 Å². The van der Waals surface area contributed by atoms with Crippen molar-refractivity contribution < 1.29 is 9.53 Å². The van der Waals surface area contributed by atoms with Crippen molar-refractivity contribution in [2.75, 3.05) is 38.7 Å². The Labute approximate surface area is 127 Å². The van der Waals surface area contributed by atoms with E-state index in [0.717, 1.165) is 38.2 Å². The predicted octanol–water partition coefficient (Wildman–Crippen LogP) is 2.82. The van der Waals surface area contributed by atoms with Crippen LogP contribution in [0.1, 0.15) is 37.0 Å². The first-order chi connectivity index (χ1) is 10.1. The highest BCUT2D eigenvalue weighted by atomic mass is 16.5. The number of hydrogen-bond acceptors (Lipinski definition) is 4. The second kappa shape index (κ2) is 6.94. The van der Waals surface area contributed by atoms with Crippen LogP contribution in [0.5, 0.6) is 5.75 Å². The molecule has 0 aromatic heterocycles. The molecule has 1 aliphatic rings. The lowest BCUT2D eigenvalue weighted by Crippen LogP contribution is -2.43. The van der Waals surface area contributed by atoms with Gasteiger partial charge in [-0.05, 0) is 38.4 Å². The molecule has 0 amide bonds. The molecule has 0 aliphatic carbocycles. The lowest BCUT2D eigenvalue weighted by molar-refractivity contribution is 0.101. The fraction of sp³-hybridized carbons (Fsp3) is 0.588. The molecule has 1 aromatic rings. The Kier molecular flexibility index (Phi) is 5.23. The fourth-order valence-electron chi connectivity index (χ4n) is 3.16. The molecule has 0 bridgehead atoms. The Morgan fingerprint density at radius 3 is 2.57 bits per heavy atom. The number of ether oxygens (including phenoxy) is 1. The summed E-state index contributed by atoms with van der Waals surface area (Å²) in [6, 6.07) is 6.32. The quantitative estimate of drug-likeness (QED) is 0.781. The van der Waals surface area contributed by atoms with Gasteiger partial charge in [0.1, 0.15) is 5.75 Å². The predicted molar refractivity (Wildman–Crippen MR) is 86.5 cm³/mol. The molecule has 1 aliphatic heterocycles. The van der Waals surface area contributed by atoms with E-state index >= 15 is 0 Å². The maximum absolute atomic E-state index is 12.0. The molecule has 4 nitrogen and oxygen atoms in total. The van der Waals surface area contributed by atoms with Gasteiger partial charge in [-0.25, -0.2) is 0 Å². The lowest BCUT2D eigenvalue weighted by Gasteiger charge is -2.38. The van der Waals surface area contributed by atoms with Crippen LogP contribution in [0, 0.1) is 0 Å². The van der Waals surface area contributed by atoms with Gasteiger partial charge in [-0.1, -0.05) is 13.0 Å². The van der Waals surface area contributed by atoms with Crippen LogP contribution in [0.2, 0.25) is 0 Å². The number of nitrogens with zero attached hydrogens (tertiary/aromatic N) is 2. The second-order valence-electron chi connectivity index (χ2n) is 5.69. The van der Waals surface area contributed by atoms with E-state index in [1.165, 1.54) is 0 Å². The number of ketones is 1. The van der Waals surface area contributed by atoms with Crippen molar-refractivity contribution in [1.82, 2.24) is 4.90 Å². The van der Waals surface area contributed by atoms with Gasteiger partial charge in [0.25, 0.3) is 0 Å². The third-order valence-corrected chi connectivity index (χ3v) is 4.51. The van der Waals surface area contributed by atoms with E-state index in [9.17, 15) is 4.79 Å². The van der Waals surface area contributed by atoms with Gasteiger partial charge in [0.05, 0.1) is 18.4 Å². The van der Waals surface area contributed by atoms with Gasteiger partial charge in [-0.15, -0.1) is 0 Å². The zero-order valence-electron chi connectivity index (χ0n) is 13.6. The van der Waals surface area contributed by atoms with Gasteiger partial charge in [0.2, 0.25) is 0 Å². The third kappa shape index (κ3) is 3.38. The molecule has 0 N–H and O–H groups in total. The molecule has 0 radical (unpaired) electrons. The maximum atomic E-state index is 12.0. The van der Waals surface area contributed by atoms with Crippen molar-refractivity contribution in [3.63, 3.8) is 0 Å². The number of carbonyl (C=O) groups is 1. The molecule has 116 valence electrons. The molecule has 0 atom stereocenters. The van der Waals surface area contributed by atoms with Gasteiger partial charge < -0.3 is 14.5 Å². The van der Waals surface area contributed by atoms with E-state index in [4.69, 9.17) is 4.74 Å². The number of anilines is 1. The van der Waals surface area contributed by atoms with Crippen LogP contribution in [0.3, 0.4) is 0 Å². The van der Waals surface area contributed by atoms with Crippen LogP contribution >= 0.6 is 0 Å². The maximum Gasteiger partial charge on any atom is 0.165 e. The minimum atomic E-state index is 0.0558. The first kappa shape index (κ1) is 15.8. The molecule has 1 aromatic carbocycles. The standard InChI is InChI=1S/C17H26N2O2/c1-5-19-11-9-14(10-12-19)18(3)15-7-6-8-16(21-4)17(15)13(2)20/h6-8,14H,5,9-12H2,1-4H3. The molecule has 21 heavy (non-hydrogen) atoms. The molecule has 2 rings (SSSR count). The summed E-state index contributed by atoms with van der Waals surface area (Å²) in [6.45, 7) is 7.19. The van der Waals surface area contributed by atoms with E-state index < -0.39 is 0 Å². The van der Waals surface area contributed by atoms with Crippen LogP contribution in [-0.4, -0.2) is 50.5 Å². The number of benzene rings is 1. The summed E-state index contributed by atoms with van der Waals surface area (Å²) >= 11 is 0. The smallest absolute Gasteiger partial charge is 0.165 e. The first-order valence-corrected chi connectivity index (χ1v) is 7.71. The number of piperidine rings is 1. The van der Waals surface area contributed by atoms with E-state index in [1.54, 1.807) is 14.0 Å². The fourth-order valence-corrected chi connectivity index (χ4v) is 3.16. The van der Waals surface area contributed by atoms with Crippen molar-refractivity contribution in [2.45, 2.75) is 32.7 Å². The van der Waals surface area contributed by atoms with Crippen molar-refractivity contribution >= 4 is 11.5 Å². The summed E-state index contributed by atoms with van der Waals surface area (Å²) < 4.78 is 5.36. The number of likely N-dealkylation sites (tertiary alicyclic amines) is 1. The minimum Gasteiger partial charge on any atom is -0.496 e. The van der Waals surface area contributed by atoms with Crippen LogP contribution in [-0.2, 0) is 0 Å². The average molecular weight is 290 g/mol. The number of Topliss-reactive ketones (excluding diaryl/α,β-unsaturated/α-hetero) is 1. The number of rotatable bonds is 5. The monoisotopic (exact) mass is 290 g/mol. The summed E-state index contributed by atoms with van der Waals surface area (Å²) in [7, 11) is 3.71. The minimum absolute atomic E-state index is 0.0558. The van der Waals surface area contributed by atoms with Gasteiger partial charge in [-0.2, -0.15) is 0 Å². The Balaban J connectivity index is 2.23. The summed E-state index contributed by atoms with van der Waals surface area (Å²) in [5.74, 6) is 0.720. The zero-order valence-corrected chi connectivity index (χ0v) is 13.6. The van der Waals surface area contributed by atoms with E-state index in [2.05, 4.69) is 23.8 Å². The molecule has 1 fully saturated rings. The SMILES string of the molecule is CCN1CCC(N(C)c2cccc(OC)c2C(C)=O)CC1. The van der Waals surface area contributed by atoms with Crippen molar-refractivity contribution in [1.29, 1.82) is 0 Å². The van der Waals surface area contributed by atoms with Crippen LogP contribution in [0.4, 0.5) is 5.69 Å². The molecule has 0 spiro atoms. The molecule has 1 saturated heterocycles. The molecular weight excluding hydrogens is 264 g/mol. The highest BCUT2D eigenvalue weighted by Gasteiger charge is 2.25. The van der Waals surface area contributed by atoms with Crippen molar-refractivity contribution in [2.24, 2.45) is 0 Å². The summed E-state index contributed by atoms with van der Waals surface area (Å²) in [5.41, 5.74) is 1.68. The second-order valence-corrected chi connectivity index (χ2v) is 5.69. The van der Waals surface area contributed by atoms with Gasteiger partial charge in [-0.3, -0.25) is 4.79 Å². The molecular formula is C17H26N2O2. The van der Waals surface area contributed by atoms with Gasteiger partial charge in [0, 0.05) is 26.2 Å².